The van der Waals surface area contributed by atoms with Crippen LogP contribution in [0, 0.1) is 0 Å². The Bertz CT molecular complexity index is 895. The van der Waals surface area contributed by atoms with Crippen molar-refractivity contribution in [2.75, 3.05) is 0 Å². The number of aromatic nitrogens is 6. The van der Waals surface area contributed by atoms with Crippen molar-refractivity contribution < 1.29 is 4.52 Å². The SMILES string of the molecule is Brc1cnn2cccc(-c3nc(Cn4ccnc4)no3)c12. The molecule has 104 valence electrons. The number of fused-ring (bicyclic) bond motifs is 1. The molecule has 4 aromatic rings. The van der Waals surface area contributed by atoms with Crippen molar-refractivity contribution in [3.63, 3.8) is 0 Å². The number of halogens is 1. The molecule has 4 aromatic heterocycles. The first kappa shape index (κ1) is 12.3. The largest absolute Gasteiger partial charge is 0.334 e. The van der Waals surface area contributed by atoms with Gasteiger partial charge in [-0.05, 0) is 28.1 Å². The van der Waals surface area contributed by atoms with Gasteiger partial charge in [0.1, 0.15) is 0 Å². The van der Waals surface area contributed by atoms with E-state index < -0.39 is 0 Å². The van der Waals surface area contributed by atoms with Gasteiger partial charge < -0.3 is 9.09 Å². The van der Waals surface area contributed by atoms with Crippen LogP contribution in [0.15, 0.2) is 52.2 Å². The van der Waals surface area contributed by atoms with Crippen molar-refractivity contribution in [2.24, 2.45) is 0 Å². The Balaban J connectivity index is 1.76. The molecule has 0 aromatic carbocycles. The highest BCUT2D eigenvalue weighted by Gasteiger charge is 2.15. The van der Waals surface area contributed by atoms with Gasteiger partial charge in [0.05, 0.1) is 34.6 Å². The number of nitrogens with zero attached hydrogens (tertiary/aromatic N) is 6. The van der Waals surface area contributed by atoms with Crippen LogP contribution in [0.3, 0.4) is 0 Å². The Labute approximate surface area is 127 Å². The van der Waals surface area contributed by atoms with Crippen LogP contribution in [-0.2, 0) is 6.54 Å². The molecule has 0 saturated heterocycles. The Morgan fingerprint density at radius 3 is 3.10 bits per heavy atom. The van der Waals surface area contributed by atoms with Gasteiger partial charge in [-0.1, -0.05) is 5.16 Å². The molecule has 0 unspecified atom stereocenters. The summed E-state index contributed by atoms with van der Waals surface area (Å²) in [5, 5.41) is 8.25. The number of hydrogen-bond acceptors (Lipinski definition) is 5. The minimum atomic E-state index is 0.469. The molecule has 0 aliphatic rings. The summed E-state index contributed by atoms with van der Waals surface area (Å²) in [6.07, 6.45) is 8.88. The molecule has 0 amide bonds. The summed E-state index contributed by atoms with van der Waals surface area (Å²) in [7, 11) is 0. The standard InChI is InChI=1S/C13H9BrN6O/c14-10-6-16-20-4-1-2-9(12(10)20)13-17-11(18-21-13)7-19-5-3-15-8-19/h1-6,8H,7H2. The molecule has 8 heteroatoms. The maximum Gasteiger partial charge on any atom is 0.260 e. The highest BCUT2D eigenvalue weighted by atomic mass is 79.9. The number of pyridine rings is 1. The van der Waals surface area contributed by atoms with Crippen molar-refractivity contribution in [3.8, 4) is 11.5 Å². The maximum atomic E-state index is 5.38. The second kappa shape index (κ2) is 4.81. The van der Waals surface area contributed by atoms with Crippen molar-refractivity contribution in [1.29, 1.82) is 0 Å². The smallest absolute Gasteiger partial charge is 0.260 e. The fraction of sp³-hybridized carbons (Fsp3) is 0.0769. The van der Waals surface area contributed by atoms with Gasteiger partial charge in [-0.2, -0.15) is 10.1 Å². The molecular weight excluding hydrogens is 336 g/mol. The average Bonchev–Trinajstić information content (AvgIpc) is 3.22. The predicted octanol–water partition coefficient (Wildman–Crippen LogP) is 2.39. The third-order valence-electron chi connectivity index (χ3n) is 3.08. The lowest BCUT2D eigenvalue weighted by atomic mass is 10.2. The third kappa shape index (κ3) is 2.13. The number of hydrogen-bond donors (Lipinski definition) is 0. The van der Waals surface area contributed by atoms with Crippen molar-refractivity contribution in [3.05, 3.63) is 53.5 Å². The van der Waals surface area contributed by atoms with Crippen LogP contribution in [-0.4, -0.2) is 29.3 Å². The zero-order valence-corrected chi connectivity index (χ0v) is 12.3. The summed E-state index contributed by atoms with van der Waals surface area (Å²) < 4.78 is 9.90. The number of imidazole rings is 1. The van der Waals surface area contributed by atoms with Crippen LogP contribution >= 0.6 is 15.9 Å². The van der Waals surface area contributed by atoms with Crippen LogP contribution in [0.25, 0.3) is 17.0 Å². The van der Waals surface area contributed by atoms with E-state index in [4.69, 9.17) is 4.52 Å². The van der Waals surface area contributed by atoms with Gasteiger partial charge in [-0.3, -0.25) is 0 Å². The lowest BCUT2D eigenvalue weighted by Crippen LogP contribution is -1.98. The highest BCUT2D eigenvalue weighted by molar-refractivity contribution is 9.10. The van der Waals surface area contributed by atoms with Gasteiger partial charge in [0.25, 0.3) is 5.89 Å². The molecule has 0 aliphatic heterocycles. The normalized spacial score (nSPS) is 11.3. The molecule has 0 N–H and O–H groups in total. The minimum absolute atomic E-state index is 0.469. The molecule has 7 nitrogen and oxygen atoms in total. The molecular formula is C13H9BrN6O. The molecule has 0 bridgehead atoms. The van der Waals surface area contributed by atoms with E-state index in [2.05, 4.69) is 36.2 Å². The number of rotatable bonds is 3. The van der Waals surface area contributed by atoms with Gasteiger partial charge in [0, 0.05) is 18.6 Å². The Morgan fingerprint density at radius 2 is 2.24 bits per heavy atom. The second-order valence-corrected chi connectivity index (χ2v) is 5.31. The van der Waals surface area contributed by atoms with E-state index in [-0.39, 0.29) is 0 Å². The monoisotopic (exact) mass is 344 g/mol. The topological polar surface area (TPSA) is 74.0 Å². The summed E-state index contributed by atoms with van der Waals surface area (Å²) in [6, 6.07) is 3.82. The lowest BCUT2D eigenvalue weighted by Gasteiger charge is -1.99. The summed E-state index contributed by atoms with van der Waals surface area (Å²) in [4.78, 5) is 8.43. The van der Waals surface area contributed by atoms with Gasteiger partial charge in [-0.15, -0.1) is 0 Å². The van der Waals surface area contributed by atoms with Crippen LogP contribution in [0.4, 0.5) is 0 Å². The molecule has 0 saturated carbocycles. The Hall–Kier alpha value is -2.48. The van der Waals surface area contributed by atoms with E-state index in [1.807, 2.05) is 29.1 Å². The van der Waals surface area contributed by atoms with Gasteiger partial charge >= 0.3 is 0 Å². The van der Waals surface area contributed by atoms with Crippen LogP contribution in [0.1, 0.15) is 5.82 Å². The zero-order chi connectivity index (χ0) is 14.2. The van der Waals surface area contributed by atoms with E-state index in [1.165, 1.54) is 0 Å². The Morgan fingerprint density at radius 1 is 1.29 bits per heavy atom. The van der Waals surface area contributed by atoms with Crippen molar-refractivity contribution in [1.82, 2.24) is 29.3 Å². The van der Waals surface area contributed by atoms with E-state index in [0.717, 1.165) is 15.6 Å². The zero-order valence-electron chi connectivity index (χ0n) is 10.7. The van der Waals surface area contributed by atoms with Gasteiger partial charge in [0.2, 0.25) is 0 Å². The summed E-state index contributed by atoms with van der Waals surface area (Å²) >= 11 is 3.48. The molecule has 0 fully saturated rings. The lowest BCUT2D eigenvalue weighted by molar-refractivity contribution is 0.420. The van der Waals surface area contributed by atoms with Crippen LogP contribution in [0.2, 0.25) is 0 Å². The molecule has 0 aliphatic carbocycles. The minimum Gasteiger partial charge on any atom is -0.334 e. The second-order valence-electron chi connectivity index (χ2n) is 4.46. The fourth-order valence-corrected chi connectivity index (χ4v) is 2.64. The van der Waals surface area contributed by atoms with Gasteiger partial charge in [-0.25, -0.2) is 9.50 Å². The van der Waals surface area contributed by atoms with E-state index >= 15 is 0 Å². The van der Waals surface area contributed by atoms with Crippen molar-refractivity contribution in [2.45, 2.75) is 6.54 Å². The molecule has 0 atom stereocenters. The first-order valence-corrected chi connectivity index (χ1v) is 7.01. The highest BCUT2D eigenvalue weighted by Crippen LogP contribution is 2.28. The van der Waals surface area contributed by atoms with E-state index in [9.17, 15) is 0 Å². The molecule has 0 spiro atoms. The van der Waals surface area contributed by atoms with Crippen LogP contribution < -0.4 is 0 Å². The average molecular weight is 345 g/mol. The molecule has 0 radical (unpaired) electrons. The molecule has 4 rings (SSSR count). The van der Waals surface area contributed by atoms with Gasteiger partial charge in [0.15, 0.2) is 5.82 Å². The summed E-state index contributed by atoms with van der Waals surface area (Å²) in [6.45, 7) is 0.521. The molecule has 4 heterocycles. The quantitative estimate of drug-likeness (QED) is 0.570. The van der Waals surface area contributed by atoms with E-state index in [0.29, 0.717) is 18.3 Å². The van der Waals surface area contributed by atoms with Crippen LogP contribution in [0.5, 0.6) is 0 Å². The Kier molecular flexibility index (Phi) is 2.81. The predicted molar refractivity (Wildman–Crippen MR) is 77.5 cm³/mol. The summed E-state index contributed by atoms with van der Waals surface area (Å²) in [5.74, 6) is 1.07. The fourth-order valence-electron chi connectivity index (χ4n) is 2.15. The van der Waals surface area contributed by atoms with Crippen molar-refractivity contribution >= 4 is 21.4 Å². The first-order chi connectivity index (χ1) is 10.3. The maximum absolute atomic E-state index is 5.38. The first-order valence-electron chi connectivity index (χ1n) is 6.22. The van der Waals surface area contributed by atoms with E-state index in [1.54, 1.807) is 23.2 Å². The third-order valence-corrected chi connectivity index (χ3v) is 3.66. The summed E-state index contributed by atoms with van der Waals surface area (Å²) in [5.41, 5.74) is 1.74. The molecule has 21 heavy (non-hydrogen) atoms.